The summed E-state index contributed by atoms with van der Waals surface area (Å²) in [5.41, 5.74) is 1.46. The van der Waals surface area contributed by atoms with E-state index < -0.39 is 0 Å². The lowest BCUT2D eigenvalue weighted by Crippen LogP contribution is -2.05. The Morgan fingerprint density at radius 1 is 1.07 bits per heavy atom. The lowest BCUT2D eigenvalue weighted by Gasteiger charge is -2.17. The molecule has 0 radical (unpaired) electrons. The van der Waals surface area contributed by atoms with Gasteiger partial charge in [-0.3, -0.25) is 0 Å². The van der Waals surface area contributed by atoms with Crippen molar-refractivity contribution in [1.29, 1.82) is 0 Å². The van der Waals surface area contributed by atoms with Crippen LogP contribution in [0.1, 0.15) is 66.2 Å². The molecule has 0 aliphatic heterocycles. The maximum Gasteiger partial charge on any atom is -0.0235 e. The fraction of sp³-hybridized carbons (Fsp3) is 1.00. The summed E-state index contributed by atoms with van der Waals surface area (Å²) in [7, 11) is 0. The van der Waals surface area contributed by atoms with Crippen LogP contribution in [0.25, 0.3) is 0 Å². The highest BCUT2D eigenvalue weighted by Crippen LogP contribution is 2.77. The average molecular weight is 194 g/mol. The predicted molar refractivity (Wildman–Crippen MR) is 62.2 cm³/mol. The van der Waals surface area contributed by atoms with Gasteiger partial charge in [-0.05, 0) is 48.3 Å². The highest BCUT2D eigenvalue weighted by atomic mass is 14.7. The van der Waals surface area contributed by atoms with Crippen molar-refractivity contribution in [2.75, 3.05) is 0 Å². The fourth-order valence-electron chi connectivity index (χ4n) is 3.28. The Labute approximate surface area is 89.5 Å². The molecular formula is C14H26. The van der Waals surface area contributed by atoms with Crippen molar-refractivity contribution in [2.24, 2.45) is 22.7 Å². The minimum atomic E-state index is 0.554. The van der Waals surface area contributed by atoms with Crippen molar-refractivity contribution < 1.29 is 0 Å². The Morgan fingerprint density at radius 2 is 1.64 bits per heavy atom. The Bertz CT molecular complexity index is 211. The standard InChI is InChI=1S/C14H26/c1-5-6-11-9-14(11)10-12(14)7-8-13(2,3)4/h11-12H,5-10H2,1-4H3. The molecule has 0 N–H and O–H groups in total. The van der Waals surface area contributed by atoms with E-state index in [9.17, 15) is 0 Å². The van der Waals surface area contributed by atoms with Gasteiger partial charge in [0.2, 0.25) is 0 Å². The molecule has 82 valence electrons. The van der Waals surface area contributed by atoms with E-state index in [1.165, 1.54) is 25.7 Å². The first-order chi connectivity index (χ1) is 6.48. The molecule has 0 aromatic heterocycles. The third-order valence-corrected chi connectivity index (χ3v) is 4.44. The first-order valence-corrected chi connectivity index (χ1v) is 6.48. The molecule has 2 aliphatic carbocycles. The van der Waals surface area contributed by atoms with Gasteiger partial charge in [-0.2, -0.15) is 0 Å². The van der Waals surface area contributed by atoms with E-state index in [4.69, 9.17) is 0 Å². The SMILES string of the molecule is CCCC1CC12CC2CCC(C)(C)C. The fourth-order valence-corrected chi connectivity index (χ4v) is 3.28. The van der Waals surface area contributed by atoms with Crippen LogP contribution in [0.5, 0.6) is 0 Å². The molecule has 0 amide bonds. The van der Waals surface area contributed by atoms with Crippen LogP contribution in [0.4, 0.5) is 0 Å². The second-order valence-corrected chi connectivity index (χ2v) is 6.92. The monoisotopic (exact) mass is 194 g/mol. The van der Waals surface area contributed by atoms with Gasteiger partial charge >= 0.3 is 0 Å². The van der Waals surface area contributed by atoms with Gasteiger partial charge < -0.3 is 0 Å². The number of hydrogen-bond acceptors (Lipinski definition) is 0. The van der Waals surface area contributed by atoms with Gasteiger partial charge in [0.1, 0.15) is 0 Å². The summed E-state index contributed by atoms with van der Waals surface area (Å²) in [5.74, 6) is 2.26. The Balaban J connectivity index is 1.68. The van der Waals surface area contributed by atoms with Crippen molar-refractivity contribution in [3.05, 3.63) is 0 Å². The summed E-state index contributed by atoms with van der Waals surface area (Å²) in [4.78, 5) is 0. The first kappa shape index (κ1) is 10.5. The summed E-state index contributed by atoms with van der Waals surface area (Å²) in [5, 5.41) is 0. The molecule has 1 spiro atoms. The molecule has 0 saturated heterocycles. The van der Waals surface area contributed by atoms with E-state index in [1.54, 1.807) is 12.8 Å². The van der Waals surface area contributed by atoms with Gasteiger partial charge in [-0.15, -0.1) is 0 Å². The third kappa shape index (κ3) is 1.99. The summed E-state index contributed by atoms with van der Waals surface area (Å²) < 4.78 is 0. The van der Waals surface area contributed by atoms with E-state index in [-0.39, 0.29) is 0 Å². The van der Waals surface area contributed by atoms with Gasteiger partial charge in [0.15, 0.2) is 0 Å². The highest BCUT2D eigenvalue weighted by Gasteiger charge is 2.68. The molecule has 2 aliphatic rings. The molecule has 0 heteroatoms. The smallest absolute Gasteiger partial charge is 0.0235 e. The minimum absolute atomic E-state index is 0.554. The van der Waals surface area contributed by atoms with Crippen molar-refractivity contribution in [1.82, 2.24) is 0 Å². The van der Waals surface area contributed by atoms with E-state index in [2.05, 4.69) is 27.7 Å². The topological polar surface area (TPSA) is 0 Å². The normalized spacial score (nSPS) is 40.3. The van der Waals surface area contributed by atoms with Crippen LogP contribution in [0.2, 0.25) is 0 Å². The van der Waals surface area contributed by atoms with Crippen LogP contribution in [-0.4, -0.2) is 0 Å². The van der Waals surface area contributed by atoms with Gasteiger partial charge in [0, 0.05) is 0 Å². The Kier molecular flexibility index (Phi) is 2.44. The maximum atomic E-state index is 2.37. The van der Waals surface area contributed by atoms with Crippen molar-refractivity contribution in [3.8, 4) is 0 Å². The van der Waals surface area contributed by atoms with Crippen LogP contribution in [0, 0.1) is 22.7 Å². The predicted octanol–water partition coefficient (Wildman–Crippen LogP) is 4.64. The third-order valence-electron chi connectivity index (χ3n) is 4.44. The molecule has 2 saturated carbocycles. The van der Waals surface area contributed by atoms with E-state index in [0.29, 0.717) is 5.41 Å². The van der Waals surface area contributed by atoms with Crippen LogP contribution in [0.3, 0.4) is 0 Å². The van der Waals surface area contributed by atoms with Crippen molar-refractivity contribution in [2.45, 2.75) is 66.2 Å². The molecule has 3 atom stereocenters. The van der Waals surface area contributed by atoms with Crippen molar-refractivity contribution in [3.63, 3.8) is 0 Å². The van der Waals surface area contributed by atoms with Crippen LogP contribution in [0.15, 0.2) is 0 Å². The van der Waals surface area contributed by atoms with E-state index >= 15 is 0 Å². The van der Waals surface area contributed by atoms with Crippen LogP contribution < -0.4 is 0 Å². The zero-order chi connectivity index (χ0) is 10.4. The summed E-state index contributed by atoms with van der Waals surface area (Å²) in [6, 6.07) is 0. The van der Waals surface area contributed by atoms with Crippen molar-refractivity contribution >= 4 is 0 Å². The minimum Gasteiger partial charge on any atom is -0.0654 e. The lowest BCUT2D eigenvalue weighted by molar-refractivity contribution is 0.347. The Hall–Kier alpha value is 0. The highest BCUT2D eigenvalue weighted by molar-refractivity contribution is 5.17. The van der Waals surface area contributed by atoms with E-state index in [0.717, 1.165) is 17.3 Å². The quantitative estimate of drug-likeness (QED) is 0.611. The second-order valence-electron chi connectivity index (χ2n) is 6.92. The molecule has 0 aromatic carbocycles. The summed E-state index contributed by atoms with van der Waals surface area (Å²) in [6.45, 7) is 9.45. The van der Waals surface area contributed by atoms with Crippen LogP contribution >= 0.6 is 0 Å². The largest absolute Gasteiger partial charge is 0.0654 e. The van der Waals surface area contributed by atoms with Crippen LogP contribution in [-0.2, 0) is 0 Å². The molecule has 14 heavy (non-hydrogen) atoms. The number of rotatable bonds is 4. The summed E-state index contributed by atoms with van der Waals surface area (Å²) in [6.07, 6.45) is 9.00. The molecule has 3 unspecified atom stereocenters. The van der Waals surface area contributed by atoms with Gasteiger partial charge in [-0.25, -0.2) is 0 Å². The number of hydrogen-bond donors (Lipinski definition) is 0. The average Bonchev–Trinajstić information content (AvgIpc) is 2.90. The first-order valence-electron chi connectivity index (χ1n) is 6.48. The zero-order valence-corrected chi connectivity index (χ0v) is 10.4. The van der Waals surface area contributed by atoms with Gasteiger partial charge in [0.05, 0.1) is 0 Å². The van der Waals surface area contributed by atoms with Gasteiger partial charge in [-0.1, -0.05) is 40.5 Å². The molecule has 0 nitrogen and oxygen atoms in total. The van der Waals surface area contributed by atoms with E-state index in [1.807, 2.05) is 0 Å². The molecule has 2 rings (SSSR count). The molecular weight excluding hydrogens is 168 g/mol. The molecule has 0 bridgehead atoms. The second kappa shape index (κ2) is 3.25. The lowest BCUT2D eigenvalue weighted by atomic mass is 9.89. The summed E-state index contributed by atoms with van der Waals surface area (Å²) >= 11 is 0. The molecule has 2 fully saturated rings. The van der Waals surface area contributed by atoms with Gasteiger partial charge in [0.25, 0.3) is 0 Å². The Morgan fingerprint density at radius 3 is 2.14 bits per heavy atom. The maximum absolute atomic E-state index is 2.37. The molecule has 0 aromatic rings. The zero-order valence-electron chi connectivity index (χ0n) is 10.4. The molecule has 0 heterocycles.